The predicted octanol–water partition coefficient (Wildman–Crippen LogP) is 4.39. The molecule has 0 atom stereocenters. The largest absolute Gasteiger partial charge is 0.497 e. The molecule has 6 heteroatoms. The average Bonchev–Trinajstić information content (AvgIpc) is 2.81. The van der Waals surface area contributed by atoms with Crippen LogP contribution in [-0.4, -0.2) is 26.2 Å². The second-order valence-corrected chi connectivity index (χ2v) is 7.56. The second kappa shape index (κ2) is 9.56. The highest BCUT2D eigenvalue weighted by atomic mass is 16.5. The predicted molar refractivity (Wildman–Crippen MR) is 125 cm³/mol. The SMILES string of the molecule is COc1ccc2c(C)c(CCC(=O)NCCOc3ccc4ccccc4c3)c(=O)oc2c1. The number of fused-ring (bicyclic) bond motifs is 2. The summed E-state index contributed by atoms with van der Waals surface area (Å²) in [7, 11) is 1.56. The Morgan fingerprint density at radius 2 is 1.78 bits per heavy atom. The first-order chi connectivity index (χ1) is 15.5. The summed E-state index contributed by atoms with van der Waals surface area (Å²) >= 11 is 0. The fourth-order valence-corrected chi connectivity index (χ4v) is 3.73. The molecule has 0 saturated heterocycles. The van der Waals surface area contributed by atoms with Crippen LogP contribution in [0.4, 0.5) is 0 Å². The van der Waals surface area contributed by atoms with Gasteiger partial charge >= 0.3 is 5.63 Å². The van der Waals surface area contributed by atoms with Gasteiger partial charge in [-0.1, -0.05) is 30.3 Å². The van der Waals surface area contributed by atoms with Crippen molar-refractivity contribution in [3.05, 3.63) is 82.2 Å². The van der Waals surface area contributed by atoms with E-state index in [1.165, 1.54) is 0 Å². The molecule has 1 heterocycles. The summed E-state index contributed by atoms with van der Waals surface area (Å²) in [6.45, 7) is 2.62. The van der Waals surface area contributed by atoms with Gasteiger partial charge in [-0.05, 0) is 53.9 Å². The van der Waals surface area contributed by atoms with Crippen LogP contribution in [0.1, 0.15) is 17.5 Å². The molecule has 1 aromatic heterocycles. The van der Waals surface area contributed by atoms with Gasteiger partial charge in [-0.2, -0.15) is 0 Å². The molecule has 32 heavy (non-hydrogen) atoms. The van der Waals surface area contributed by atoms with Crippen LogP contribution < -0.4 is 20.4 Å². The molecule has 3 aromatic carbocycles. The number of carbonyl (C=O) groups is 1. The fraction of sp³-hybridized carbons (Fsp3) is 0.231. The van der Waals surface area contributed by atoms with Crippen LogP contribution >= 0.6 is 0 Å². The van der Waals surface area contributed by atoms with Crippen molar-refractivity contribution in [2.24, 2.45) is 0 Å². The maximum Gasteiger partial charge on any atom is 0.339 e. The number of hydrogen-bond donors (Lipinski definition) is 1. The molecule has 164 valence electrons. The minimum absolute atomic E-state index is 0.138. The van der Waals surface area contributed by atoms with Crippen LogP contribution in [0.25, 0.3) is 21.7 Å². The van der Waals surface area contributed by atoms with E-state index in [0.717, 1.165) is 27.5 Å². The zero-order valence-corrected chi connectivity index (χ0v) is 18.1. The number of benzene rings is 3. The molecule has 0 fully saturated rings. The van der Waals surface area contributed by atoms with Crippen LogP contribution in [0.2, 0.25) is 0 Å². The third kappa shape index (κ3) is 4.75. The van der Waals surface area contributed by atoms with Crippen LogP contribution in [0, 0.1) is 6.92 Å². The highest BCUT2D eigenvalue weighted by molar-refractivity contribution is 5.84. The fourth-order valence-electron chi connectivity index (χ4n) is 3.73. The molecule has 4 aromatic rings. The highest BCUT2D eigenvalue weighted by Gasteiger charge is 2.13. The molecule has 0 aliphatic rings. The van der Waals surface area contributed by atoms with Crippen molar-refractivity contribution in [3.8, 4) is 11.5 Å². The lowest BCUT2D eigenvalue weighted by molar-refractivity contribution is -0.121. The van der Waals surface area contributed by atoms with Gasteiger partial charge in [0.1, 0.15) is 23.7 Å². The van der Waals surface area contributed by atoms with E-state index in [9.17, 15) is 9.59 Å². The lowest BCUT2D eigenvalue weighted by Crippen LogP contribution is -2.28. The minimum atomic E-state index is -0.421. The molecule has 0 unspecified atom stereocenters. The van der Waals surface area contributed by atoms with Crippen molar-refractivity contribution >= 4 is 27.6 Å². The number of carbonyl (C=O) groups excluding carboxylic acids is 1. The molecule has 4 rings (SSSR count). The number of methoxy groups -OCH3 is 1. The summed E-state index contributed by atoms with van der Waals surface area (Å²) in [4.78, 5) is 24.7. The first-order valence-corrected chi connectivity index (χ1v) is 10.5. The van der Waals surface area contributed by atoms with Gasteiger partial charge < -0.3 is 19.2 Å². The molecule has 0 bridgehead atoms. The van der Waals surface area contributed by atoms with E-state index < -0.39 is 5.63 Å². The average molecular weight is 431 g/mol. The zero-order chi connectivity index (χ0) is 22.5. The molecule has 0 radical (unpaired) electrons. The Balaban J connectivity index is 1.30. The number of aryl methyl sites for hydroxylation is 1. The van der Waals surface area contributed by atoms with E-state index in [0.29, 0.717) is 36.5 Å². The Bertz CT molecular complexity index is 1330. The smallest absolute Gasteiger partial charge is 0.339 e. The summed E-state index contributed by atoms with van der Waals surface area (Å²) in [5.74, 6) is 1.25. The third-order valence-corrected chi connectivity index (χ3v) is 5.51. The minimum Gasteiger partial charge on any atom is -0.497 e. The first-order valence-electron chi connectivity index (χ1n) is 10.5. The summed E-state index contributed by atoms with van der Waals surface area (Å²) in [6, 6.07) is 19.4. The van der Waals surface area contributed by atoms with E-state index in [1.54, 1.807) is 13.2 Å². The topological polar surface area (TPSA) is 77.8 Å². The van der Waals surface area contributed by atoms with E-state index in [1.807, 2.05) is 61.5 Å². The van der Waals surface area contributed by atoms with Crippen LogP contribution in [0.5, 0.6) is 11.5 Å². The second-order valence-electron chi connectivity index (χ2n) is 7.56. The molecule has 0 saturated carbocycles. The van der Waals surface area contributed by atoms with E-state index >= 15 is 0 Å². The summed E-state index contributed by atoms with van der Waals surface area (Å²) in [6.07, 6.45) is 0.511. The monoisotopic (exact) mass is 431 g/mol. The van der Waals surface area contributed by atoms with Crippen molar-refractivity contribution in [2.45, 2.75) is 19.8 Å². The number of amides is 1. The first kappa shape index (κ1) is 21.4. The van der Waals surface area contributed by atoms with E-state index in [4.69, 9.17) is 13.9 Å². The van der Waals surface area contributed by atoms with E-state index in [2.05, 4.69) is 5.32 Å². The van der Waals surface area contributed by atoms with Crippen LogP contribution in [0.15, 0.2) is 69.9 Å². The maximum atomic E-state index is 12.4. The van der Waals surface area contributed by atoms with Crippen molar-refractivity contribution in [1.29, 1.82) is 0 Å². The molecular weight excluding hydrogens is 406 g/mol. The third-order valence-electron chi connectivity index (χ3n) is 5.51. The zero-order valence-electron chi connectivity index (χ0n) is 18.1. The van der Waals surface area contributed by atoms with Gasteiger partial charge in [-0.15, -0.1) is 0 Å². The van der Waals surface area contributed by atoms with Gasteiger partial charge in [0.15, 0.2) is 0 Å². The lowest BCUT2D eigenvalue weighted by Gasteiger charge is -2.10. The Morgan fingerprint density at radius 1 is 1.00 bits per heavy atom. The van der Waals surface area contributed by atoms with Gasteiger partial charge in [0.2, 0.25) is 5.91 Å². The summed E-state index contributed by atoms with van der Waals surface area (Å²) < 4.78 is 16.4. The molecule has 6 nitrogen and oxygen atoms in total. The highest BCUT2D eigenvalue weighted by Crippen LogP contribution is 2.24. The summed E-state index contributed by atoms with van der Waals surface area (Å²) in [5.41, 5.74) is 1.40. The number of rotatable bonds is 8. The molecule has 0 spiro atoms. The molecule has 0 aliphatic heterocycles. The van der Waals surface area contributed by atoms with Gasteiger partial charge in [-0.25, -0.2) is 4.79 Å². The molecule has 1 N–H and O–H groups in total. The van der Waals surface area contributed by atoms with Crippen molar-refractivity contribution < 1.29 is 18.7 Å². The summed E-state index contributed by atoms with van der Waals surface area (Å²) in [5, 5.41) is 5.94. The van der Waals surface area contributed by atoms with Gasteiger partial charge in [0, 0.05) is 23.4 Å². The molecule has 1 amide bonds. The van der Waals surface area contributed by atoms with Gasteiger partial charge in [0.05, 0.1) is 13.7 Å². The number of nitrogens with one attached hydrogen (secondary N) is 1. The molecule has 0 aliphatic carbocycles. The lowest BCUT2D eigenvalue weighted by atomic mass is 10.0. The van der Waals surface area contributed by atoms with E-state index in [-0.39, 0.29) is 12.3 Å². The molecular formula is C26H25NO5. The van der Waals surface area contributed by atoms with Crippen molar-refractivity contribution in [3.63, 3.8) is 0 Å². The van der Waals surface area contributed by atoms with Crippen molar-refractivity contribution in [1.82, 2.24) is 5.32 Å². The Morgan fingerprint density at radius 3 is 2.59 bits per heavy atom. The normalized spacial score (nSPS) is 10.9. The Kier molecular flexibility index (Phi) is 6.40. The van der Waals surface area contributed by atoms with Gasteiger partial charge in [-0.3, -0.25) is 4.79 Å². The van der Waals surface area contributed by atoms with Crippen LogP contribution in [0.3, 0.4) is 0 Å². The van der Waals surface area contributed by atoms with Gasteiger partial charge in [0.25, 0.3) is 0 Å². The quantitative estimate of drug-likeness (QED) is 0.331. The van der Waals surface area contributed by atoms with Crippen LogP contribution in [-0.2, 0) is 11.2 Å². The Labute approximate surface area is 185 Å². The van der Waals surface area contributed by atoms with Crippen molar-refractivity contribution in [2.75, 3.05) is 20.3 Å². The number of hydrogen-bond acceptors (Lipinski definition) is 5. The maximum absolute atomic E-state index is 12.4. The Hall–Kier alpha value is -3.80. The number of ether oxygens (including phenoxy) is 2. The standard InChI is InChI=1S/C26H25NO5/c1-17-22-10-9-20(30-2)16-24(22)32-26(29)23(17)11-12-25(28)27-13-14-31-21-8-7-18-5-3-4-6-19(18)15-21/h3-10,15-16H,11-14H2,1-2H3,(H,27,28).